The molecule has 3 N–H and O–H groups in total. The Morgan fingerprint density at radius 2 is 1.39 bits per heavy atom. The van der Waals surface area contributed by atoms with Crippen LogP contribution >= 0.6 is 15.6 Å². The number of rotatable bonds is 10. The zero-order valence-corrected chi connectivity index (χ0v) is 19.9. The molecular weight excluding hydrogens is 438 g/mol. The standard InChI is InChI=1S/C12H10.C10H22O7P2/c1-3-7-11(8-4-1)12-9-5-2-6-10-12;1-9(2)5-4-6-10(3)7-8-16-19(14,15)17-18(11,12)13/h1-10H;5,10H,4,6-8H2,1-3H3,(H,14,15)(H2,11,12,13). The molecule has 2 rings (SSSR count). The molecule has 0 aromatic heterocycles. The molecule has 0 saturated heterocycles. The van der Waals surface area contributed by atoms with Gasteiger partial charge >= 0.3 is 15.6 Å². The van der Waals surface area contributed by atoms with Gasteiger partial charge in [0.25, 0.3) is 0 Å². The van der Waals surface area contributed by atoms with E-state index in [1.807, 2.05) is 32.9 Å². The predicted octanol–water partition coefficient (Wildman–Crippen LogP) is 6.34. The fourth-order valence-electron chi connectivity index (χ4n) is 2.59. The number of allylic oxidation sites excluding steroid dienone is 2. The first kappa shape index (κ1) is 27.5. The first-order chi connectivity index (χ1) is 14.5. The monoisotopic (exact) mass is 470 g/mol. The van der Waals surface area contributed by atoms with Gasteiger partial charge in [-0.3, -0.25) is 4.52 Å². The highest BCUT2D eigenvalue weighted by molar-refractivity contribution is 7.60. The topological polar surface area (TPSA) is 113 Å². The summed E-state index contributed by atoms with van der Waals surface area (Å²) < 4.78 is 29.7. The maximum atomic E-state index is 11.1. The Bertz CT molecular complexity index is 838. The van der Waals surface area contributed by atoms with E-state index in [2.05, 4.69) is 63.4 Å². The highest BCUT2D eigenvalue weighted by Gasteiger charge is 2.32. The molecule has 31 heavy (non-hydrogen) atoms. The zero-order valence-electron chi connectivity index (χ0n) is 18.1. The molecule has 0 heterocycles. The van der Waals surface area contributed by atoms with Crippen LogP contribution in [-0.4, -0.2) is 21.3 Å². The van der Waals surface area contributed by atoms with Crippen LogP contribution in [0.3, 0.4) is 0 Å². The van der Waals surface area contributed by atoms with Crippen molar-refractivity contribution in [3.63, 3.8) is 0 Å². The van der Waals surface area contributed by atoms with Crippen LogP contribution in [0, 0.1) is 5.92 Å². The van der Waals surface area contributed by atoms with Crippen LogP contribution < -0.4 is 0 Å². The minimum Gasteiger partial charge on any atom is -0.302 e. The third-order valence-electron chi connectivity index (χ3n) is 4.17. The van der Waals surface area contributed by atoms with Crippen molar-refractivity contribution in [2.24, 2.45) is 5.92 Å². The Hall–Kier alpha value is -1.56. The summed E-state index contributed by atoms with van der Waals surface area (Å²) in [6, 6.07) is 20.8. The van der Waals surface area contributed by atoms with Crippen molar-refractivity contribution in [1.29, 1.82) is 0 Å². The molecule has 0 fully saturated rings. The molecule has 9 heteroatoms. The predicted molar refractivity (Wildman–Crippen MR) is 123 cm³/mol. The molecule has 2 aromatic rings. The first-order valence-corrected chi connectivity index (χ1v) is 13.0. The number of benzene rings is 2. The van der Waals surface area contributed by atoms with Gasteiger partial charge in [-0.15, -0.1) is 0 Å². The molecule has 2 unspecified atom stereocenters. The summed E-state index contributed by atoms with van der Waals surface area (Å²) in [5, 5.41) is 0. The average Bonchev–Trinajstić information content (AvgIpc) is 2.67. The van der Waals surface area contributed by atoms with Gasteiger partial charge in [0, 0.05) is 0 Å². The molecule has 0 aliphatic rings. The van der Waals surface area contributed by atoms with Gasteiger partial charge in [0.1, 0.15) is 0 Å². The van der Waals surface area contributed by atoms with Crippen LogP contribution in [0.15, 0.2) is 72.3 Å². The van der Waals surface area contributed by atoms with Crippen LogP contribution in [0.5, 0.6) is 0 Å². The van der Waals surface area contributed by atoms with Gasteiger partial charge in [0.05, 0.1) is 6.61 Å². The molecule has 0 aliphatic carbocycles. The SMILES string of the molecule is CC(C)=CCCC(C)CCOP(=O)(O)OP(=O)(O)O.c1ccc(-c2ccccc2)cc1. The average molecular weight is 470 g/mol. The lowest BCUT2D eigenvalue weighted by Crippen LogP contribution is -2.02. The Morgan fingerprint density at radius 1 is 0.903 bits per heavy atom. The van der Waals surface area contributed by atoms with E-state index < -0.39 is 15.6 Å². The highest BCUT2D eigenvalue weighted by Crippen LogP contribution is 2.57. The summed E-state index contributed by atoms with van der Waals surface area (Å²) >= 11 is 0. The lowest BCUT2D eigenvalue weighted by molar-refractivity contribution is 0.170. The van der Waals surface area contributed by atoms with Crippen molar-refractivity contribution in [3.8, 4) is 11.1 Å². The van der Waals surface area contributed by atoms with Gasteiger partial charge in [-0.2, -0.15) is 4.31 Å². The van der Waals surface area contributed by atoms with E-state index >= 15 is 0 Å². The molecule has 2 atom stereocenters. The van der Waals surface area contributed by atoms with Gasteiger partial charge in [-0.05, 0) is 50.2 Å². The fourth-order valence-corrected chi connectivity index (χ4v) is 4.19. The molecule has 0 bridgehead atoms. The molecule has 7 nitrogen and oxygen atoms in total. The summed E-state index contributed by atoms with van der Waals surface area (Å²) in [4.78, 5) is 25.8. The van der Waals surface area contributed by atoms with Crippen molar-refractivity contribution in [1.82, 2.24) is 0 Å². The Balaban J connectivity index is 0.000000339. The van der Waals surface area contributed by atoms with E-state index in [9.17, 15) is 9.13 Å². The second-order valence-corrected chi connectivity index (χ2v) is 10.2. The van der Waals surface area contributed by atoms with Crippen molar-refractivity contribution >= 4 is 15.6 Å². The van der Waals surface area contributed by atoms with Gasteiger partial charge in [0.2, 0.25) is 0 Å². The number of hydrogen-bond donors (Lipinski definition) is 3. The fraction of sp³-hybridized carbons (Fsp3) is 0.364. The quantitative estimate of drug-likeness (QED) is 0.274. The van der Waals surface area contributed by atoms with Crippen molar-refractivity contribution in [3.05, 3.63) is 72.3 Å². The third-order valence-corrected chi connectivity index (χ3v) is 6.35. The van der Waals surface area contributed by atoms with E-state index in [1.165, 1.54) is 16.7 Å². The van der Waals surface area contributed by atoms with Gasteiger partial charge in [-0.1, -0.05) is 79.2 Å². The lowest BCUT2D eigenvalue weighted by Gasteiger charge is -2.14. The molecule has 0 spiro atoms. The van der Waals surface area contributed by atoms with Crippen LogP contribution in [0.1, 0.15) is 40.0 Å². The molecule has 0 saturated carbocycles. The molecule has 0 aliphatic heterocycles. The van der Waals surface area contributed by atoms with Crippen LogP contribution in [0.4, 0.5) is 0 Å². The van der Waals surface area contributed by atoms with Gasteiger partial charge in [-0.25, -0.2) is 9.13 Å². The van der Waals surface area contributed by atoms with Crippen LogP contribution in [0.2, 0.25) is 0 Å². The Morgan fingerprint density at radius 3 is 1.81 bits per heavy atom. The highest BCUT2D eigenvalue weighted by atomic mass is 31.3. The summed E-state index contributed by atoms with van der Waals surface area (Å²) in [6.45, 7) is 5.89. The molecule has 2 aromatic carbocycles. The van der Waals surface area contributed by atoms with E-state index in [4.69, 9.17) is 14.7 Å². The van der Waals surface area contributed by atoms with E-state index in [0.717, 1.165) is 12.8 Å². The van der Waals surface area contributed by atoms with Crippen molar-refractivity contribution in [2.75, 3.05) is 6.61 Å². The molecular formula is C22H32O7P2. The molecule has 0 radical (unpaired) electrons. The Labute approximate surface area is 184 Å². The Kier molecular flexibility index (Phi) is 12.2. The summed E-state index contributed by atoms with van der Waals surface area (Å²) in [6.07, 6.45) is 4.43. The van der Waals surface area contributed by atoms with Crippen LogP contribution in [-0.2, 0) is 18.0 Å². The van der Waals surface area contributed by atoms with E-state index in [1.54, 1.807) is 0 Å². The van der Waals surface area contributed by atoms with E-state index in [-0.39, 0.29) is 12.5 Å². The normalized spacial score (nSPS) is 14.0. The number of phosphoric ester groups is 1. The summed E-state index contributed by atoms with van der Waals surface area (Å²) in [5.41, 5.74) is 3.79. The van der Waals surface area contributed by atoms with Crippen molar-refractivity contribution in [2.45, 2.75) is 40.0 Å². The maximum absolute atomic E-state index is 11.1. The second-order valence-electron chi connectivity index (χ2n) is 7.36. The second kappa shape index (κ2) is 13.8. The number of hydrogen-bond acceptors (Lipinski definition) is 4. The maximum Gasteiger partial charge on any atom is 0.481 e. The minimum absolute atomic E-state index is 0.0935. The minimum atomic E-state index is -5.03. The molecule has 0 amide bonds. The number of phosphoric acid groups is 2. The zero-order chi connectivity index (χ0) is 23.3. The van der Waals surface area contributed by atoms with Crippen molar-refractivity contribution < 1.29 is 32.6 Å². The largest absolute Gasteiger partial charge is 0.481 e. The van der Waals surface area contributed by atoms with Gasteiger partial charge < -0.3 is 14.7 Å². The summed E-state index contributed by atoms with van der Waals surface area (Å²) in [7, 11) is -9.71. The lowest BCUT2D eigenvalue weighted by atomic mass is 10.0. The van der Waals surface area contributed by atoms with Gasteiger partial charge in [0.15, 0.2) is 0 Å². The third kappa shape index (κ3) is 14.2. The summed E-state index contributed by atoms with van der Waals surface area (Å²) in [5.74, 6) is 0.269. The van der Waals surface area contributed by atoms with Crippen LogP contribution in [0.25, 0.3) is 11.1 Å². The van der Waals surface area contributed by atoms with E-state index in [0.29, 0.717) is 6.42 Å². The smallest absolute Gasteiger partial charge is 0.302 e. The first-order valence-electron chi connectivity index (χ1n) is 9.96. The molecule has 172 valence electrons.